The fourth-order valence-corrected chi connectivity index (χ4v) is 2.72. The third kappa shape index (κ3) is 4.00. The van der Waals surface area contributed by atoms with E-state index in [9.17, 15) is 0 Å². The first-order chi connectivity index (χ1) is 9.35. The van der Waals surface area contributed by atoms with E-state index in [1.54, 1.807) is 0 Å². The largest absolute Gasteiger partial charge is 0.314 e. The number of hydrogen-bond donors (Lipinski definition) is 1. The van der Waals surface area contributed by atoms with Crippen molar-refractivity contribution in [3.8, 4) is 0 Å². The lowest BCUT2D eigenvalue weighted by Crippen LogP contribution is -2.48. The van der Waals surface area contributed by atoms with Crippen molar-refractivity contribution in [3.63, 3.8) is 0 Å². The Labute approximate surface area is 116 Å². The lowest BCUT2D eigenvalue weighted by molar-refractivity contribution is 0.129. The lowest BCUT2D eigenvalue weighted by atomic mass is 10.1. The summed E-state index contributed by atoms with van der Waals surface area (Å²) in [5.41, 5.74) is 1.34. The second kappa shape index (κ2) is 7.58. The standard InChI is InChI=1S/C15H26N4/c1-3-18(4-2)13-15(14-6-5-7-17-12-14)19-10-8-16-9-11-19/h5-7,12,15-16H,3-4,8-11,13H2,1-2H3. The van der Waals surface area contributed by atoms with Crippen LogP contribution in [0.1, 0.15) is 25.5 Å². The van der Waals surface area contributed by atoms with Crippen LogP contribution in [-0.4, -0.2) is 60.6 Å². The molecule has 0 saturated carbocycles. The van der Waals surface area contributed by atoms with Gasteiger partial charge in [0, 0.05) is 51.2 Å². The van der Waals surface area contributed by atoms with E-state index >= 15 is 0 Å². The van der Waals surface area contributed by atoms with Crippen molar-refractivity contribution in [1.82, 2.24) is 20.1 Å². The van der Waals surface area contributed by atoms with Gasteiger partial charge in [0.1, 0.15) is 0 Å². The molecule has 1 saturated heterocycles. The Hall–Kier alpha value is -0.970. The van der Waals surface area contributed by atoms with Crippen molar-refractivity contribution in [3.05, 3.63) is 30.1 Å². The molecular formula is C15H26N4. The van der Waals surface area contributed by atoms with E-state index < -0.39 is 0 Å². The van der Waals surface area contributed by atoms with Crippen molar-refractivity contribution in [2.24, 2.45) is 0 Å². The van der Waals surface area contributed by atoms with Gasteiger partial charge in [-0.1, -0.05) is 19.9 Å². The lowest BCUT2D eigenvalue weighted by Gasteiger charge is -2.37. The molecular weight excluding hydrogens is 236 g/mol. The molecule has 0 amide bonds. The first kappa shape index (κ1) is 14.4. The van der Waals surface area contributed by atoms with Crippen molar-refractivity contribution >= 4 is 0 Å². The molecule has 0 aromatic carbocycles. The number of nitrogens with one attached hydrogen (secondary N) is 1. The third-order valence-electron chi connectivity index (χ3n) is 3.99. The topological polar surface area (TPSA) is 31.4 Å². The monoisotopic (exact) mass is 262 g/mol. The van der Waals surface area contributed by atoms with Gasteiger partial charge in [-0.2, -0.15) is 0 Å². The second-order valence-corrected chi connectivity index (χ2v) is 5.07. The maximum absolute atomic E-state index is 4.30. The van der Waals surface area contributed by atoms with E-state index in [1.165, 1.54) is 5.56 Å². The molecule has 0 spiro atoms. The first-order valence-corrected chi connectivity index (χ1v) is 7.42. The summed E-state index contributed by atoms with van der Waals surface area (Å²) in [6, 6.07) is 4.73. The van der Waals surface area contributed by atoms with E-state index in [2.05, 4.69) is 40.0 Å². The summed E-state index contributed by atoms with van der Waals surface area (Å²) in [6.45, 7) is 12.2. The van der Waals surface area contributed by atoms with Crippen LogP contribution in [0.4, 0.5) is 0 Å². The molecule has 0 aliphatic carbocycles. The van der Waals surface area contributed by atoms with E-state index in [0.717, 1.165) is 45.8 Å². The van der Waals surface area contributed by atoms with Crippen LogP contribution in [0, 0.1) is 0 Å². The van der Waals surface area contributed by atoms with E-state index in [-0.39, 0.29) is 0 Å². The number of hydrogen-bond acceptors (Lipinski definition) is 4. The Kier molecular flexibility index (Phi) is 5.76. The molecule has 2 heterocycles. The number of aromatic nitrogens is 1. The molecule has 1 aliphatic rings. The first-order valence-electron chi connectivity index (χ1n) is 7.42. The highest BCUT2D eigenvalue weighted by Crippen LogP contribution is 2.21. The van der Waals surface area contributed by atoms with Gasteiger partial charge in [-0.15, -0.1) is 0 Å². The summed E-state index contributed by atoms with van der Waals surface area (Å²) in [5.74, 6) is 0. The number of pyridine rings is 1. The molecule has 106 valence electrons. The van der Waals surface area contributed by atoms with Crippen molar-refractivity contribution in [2.75, 3.05) is 45.8 Å². The summed E-state index contributed by atoms with van der Waals surface area (Å²) < 4.78 is 0. The molecule has 1 aromatic rings. The molecule has 1 atom stereocenters. The van der Waals surface area contributed by atoms with Gasteiger partial charge in [-0.25, -0.2) is 0 Å². The van der Waals surface area contributed by atoms with Gasteiger partial charge in [0.05, 0.1) is 0 Å². The average Bonchev–Trinajstić information content (AvgIpc) is 2.50. The van der Waals surface area contributed by atoms with Crippen LogP contribution in [-0.2, 0) is 0 Å². The summed E-state index contributed by atoms with van der Waals surface area (Å²) in [4.78, 5) is 9.39. The quantitative estimate of drug-likeness (QED) is 0.839. The molecule has 1 unspecified atom stereocenters. The van der Waals surface area contributed by atoms with Crippen molar-refractivity contribution in [1.29, 1.82) is 0 Å². The SMILES string of the molecule is CCN(CC)CC(c1cccnc1)N1CCNCC1. The molecule has 1 aliphatic heterocycles. The molecule has 1 fully saturated rings. The van der Waals surface area contributed by atoms with Gasteiger partial charge in [0.2, 0.25) is 0 Å². The minimum absolute atomic E-state index is 0.468. The fraction of sp³-hybridized carbons (Fsp3) is 0.667. The smallest absolute Gasteiger partial charge is 0.0491 e. The summed E-state index contributed by atoms with van der Waals surface area (Å²) in [6.07, 6.45) is 3.88. The molecule has 4 nitrogen and oxygen atoms in total. The maximum Gasteiger partial charge on any atom is 0.0491 e. The highest BCUT2D eigenvalue weighted by molar-refractivity contribution is 5.15. The van der Waals surface area contributed by atoms with Gasteiger partial charge in [-0.3, -0.25) is 9.88 Å². The van der Waals surface area contributed by atoms with Crippen LogP contribution in [0.25, 0.3) is 0 Å². The van der Waals surface area contributed by atoms with Crippen molar-refractivity contribution in [2.45, 2.75) is 19.9 Å². The molecule has 4 heteroatoms. The number of piperazine rings is 1. The Bertz CT molecular complexity index is 344. The Morgan fingerprint density at radius 1 is 1.32 bits per heavy atom. The van der Waals surface area contributed by atoms with Gasteiger partial charge in [0.25, 0.3) is 0 Å². The highest BCUT2D eigenvalue weighted by atomic mass is 15.2. The zero-order chi connectivity index (χ0) is 13.5. The van der Waals surface area contributed by atoms with Crippen LogP contribution in [0.5, 0.6) is 0 Å². The second-order valence-electron chi connectivity index (χ2n) is 5.07. The van der Waals surface area contributed by atoms with Crippen LogP contribution >= 0.6 is 0 Å². The summed E-state index contributed by atoms with van der Waals surface area (Å²) >= 11 is 0. The van der Waals surface area contributed by atoms with E-state index in [1.807, 2.05) is 18.5 Å². The number of nitrogens with zero attached hydrogens (tertiary/aromatic N) is 3. The van der Waals surface area contributed by atoms with Crippen LogP contribution in [0.15, 0.2) is 24.5 Å². The molecule has 19 heavy (non-hydrogen) atoms. The predicted molar refractivity (Wildman–Crippen MR) is 79.2 cm³/mol. The van der Waals surface area contributed by atoms with Crippen molar-refractivity contribution < 1.29 is 0 Å². The Morgan fingerprint density at radius 3 is 2.63 bits per heavy atom. The van der Waals surface area contributed by atoms with E-state index in [0.29, 0.717) is 6.04 Å². The zero-order valence-electron chi connectivity index (χ0n) is 12.2. The fourth-order valence-electron chi connectivity index (χ4n) is 2.72. The van der Waals surface area contributed by atoms with Crippen LogP contribution < -0.4 is 5.32 Å². The third-order valence-corrected chi connectivity index (χ3v) is 3.99. The normalized spacial score (nSPS) is 18.7. The molecule has 2 rings (SSSR count). The Balaban J connectivity index is 2.12. The Morgan fingerprint density at radius 2 is 2.05 bits per heavy atom. The van der Waals surface area contributed by atoms with Gasteiger partial charge in [-0.05, 0) is 24.7 Å². The summed E-state index contributed by atoms with van der Waals surface area (Å²) in [7, 11) is 0. The van der Waals surface area contributed by atoms with Crippen LogP contribution in [0.3, 0.4) is 0 Å². The number of rotatable bonds is 6. The number of likely N-dealkylation sites (N-methyl/N-ethyl adjacent to an activating group) is 1. The zero-order valence-corrected chi connectivity index (χ0v) is 12.2. The molecule has 1 aromatic heterocycles. The molecule has 0 radical (unpaired) electrons. The maximum atomic E-state index is 4.30. The highest BCUT2D eigenvalue weighted by Gasteiger charge is 2.23. The van der Waals surface area contributed by atoms with Gasteiger partial charge < -0.3 is 10.2 Å². The average molecular weight is 262 g/mol. The molecule has 0 bridgehead atoms. The van der Waals surface area contributed by atoms with E-state index in [4.69, 9.17) is 0 Å². The van der Waals surface area contributed by atoms with Gasteiger partial charge >= 0.3 is 0 Å². The summed E-state index contributed by atoms with van der Waals surface area (Å²) in [5, 5.41) is 3.43. The minimum atomic E-state index is 0.468. The minimum Gasteiger partial charge on any atom is -0.314 e. The predicted octanol–water partition coefficient (Wildman–Crippen LogP) is 1.37. The molecule has 1 N–H and O–H groups in total. The van der Waals surface area contributed by atoms with Gasteiger partial charge in [0.15, 0.2) is 0 Å². The van der Waals surface area contributed by atoms with Crippen LogP contribution in [0.2, 0.25) is 0 Å².